The highest BCUT2D eigenvalue weighted by molar-refractivity contribution is 6.27. The molecule has 2 aromatic rings. The molecule has 1 unspecified atom stereocenters. The molecule has 0 saturated carbocycles. The summed E-state index contributed by atoms with van der Waals surface area (Å²) < 4.78 is 18.1. The van der Waals surface area contributed by atoms with Crippen LogP contribution in [0.2, 0.25) is 0 Å². The number of ketones is 1. The van der Waals surface area contributed by atoms with Gasteiger partial charge in [-0.05, 0) is 45.3 Å². The summed E-state index contributed by atoms with van der Waals surface area (Å²) in [4.78, 5) is 30.5. The molecule has 7 N–H and O–H groups in total. The van der Waals surface area contributed by atoms with Gasteiger partial charge in [0.05, 0.1) is 59.2 Å². The van der Waals surface area contributed by atoms with Crippen LogP contribution in [0.5, 0.6) is 17.2 Å². The number of allylic oxidation sites excluding steroid dienone is 4. The number of aliphatic hydroxyl groups excluding tert-OH is 3. The molecule has 5 aliphatic heterocycles. The van der Waals surface area contributed by atoms with Gasteiger partial charge in [0, 0.05) is 79.1 Å². The van der Waals surface area contributed by atoms with Gasteiger partial charge in [-0.15, -0.1) is 0 Å². The van der Waals surface area contributed by atoms with E-state index in [1.807, 2.05) is 28.3 Å². The lowest BCUT2D eigenvalue weighted by molar-refractivity contribution is -0.112. The van der Waals surface area contributed by atoms with Crippen molar-refractivity contribution in [2.24, 2.45) is 28.8 Å². The maximum absolute atomic E-state index is 14.7. The molecule has 7 rings (SSSR count). The number of amides is 1. The number of benzene rings is 2. The molecule has 1 fully saturated rings. The van der Waals surface area contributed by atoms with Gasteiger partial charge < -0.3 is 55.3 Å². The molecule has 61 heavy (non-hydrogen) atoms. The summed E-state index contributed by atoms with van der Waals surface area (Å²) in [7, 11) is 1.47. The highest BCUT2D eigenvalue weighted by atomic mass is 16.7. The van der Waals surface area contributed by atoms with Crippen LogP contribution in [-0.4, -0.2) is 105 Å². The Balaban J connectivity index is 1.39. The number of piperidine rings is 1. The average Bonchev–Trinajstić information content (AvgIpc) is 3.76. The molecule has 15 nitrogen and oxygen atoms in total. The van der Waals surface area contributed by atoms with Crippen LogP contribution in [0.3, 0.4) is 0 Å². The van der Waals surface area contributed by atoms with Crippen molar-refractivity contribution in [1.29, 1.82) is 0 Å². The first-order valence-corrected chi connectivity index (χ1v) is 21.1. The summed E-state index contributed by atoms with van der Waals surface area (Å²) in [6.07, 6.45) is 14.1. The van der Waals surface area contributed by atoms with E-state index in [1.165, 1.54) is 26.7 Å². The SMILES string of the molecule is CO[C@H]1/C=C/O[C@@]2(C)Oc3c(C)c(O)c4c(O)c(c5c(c4c3C2=O)NC2C=CC(/C=N/N3CCCCC3)=CN52)NC(=O)/C(C)=C\C=C\[C@H](C)[C@H](O)[C@@H](C)[C@@H](O)[C@@H](C)[C@H](O)[C@@H]1C. The van der Waals surface area contributed by atoms with Crippen LogP contribution in [0.4, 0.5) is 17.1 Å². The molecule has 2 aromatic carbocycles. The van der Waals surface area contributed by atoms with Crippen molar-refractivity contribution < 1.29 is 49.3 Å². The van der Waals surface area contributed by atoms with Crippen molar-refractivity contribution in [3.05, 3.63) is 71.2 Å². The molecule has 15 heteroatoms. The summed E-state index contributed by atoms with van der Waals surface area (Å²) in [5, 5.41) is 71.3. The number of Topliss-reactive ketones (excluding diaryl/α,β-unsaturated/α-hetero) is 1. The second kappa shape index (κ2) is 17.2. The van der Waals surface area contributed by atoms with Crippen molar-refractivity contribution in [2.45, 2.75) is 104 Å². The summed E-state index contributed by atoms with van der Waals surface area (Å²) in [6, 6.07) is 0. The lowest BCUT2D eigenvalue weighted by Gasteiger charge is -2.36. The second-order valence-corrected chi connectivity index (χ2v) is 17.2. The molecule has 4 bridgehead atoms. The average molecular weight is 842 g/mol. The Kier molecular flexibility index (Phi) is 12.3. The van der Waals surface area contributed by atoms with Gasteiger partial charge >= 0.3 is 5.79 Å². The van der Waals surface area contributed by atoms with Crippen LogP contribution in [-0.2, 0) is 14.3 Å². The predicted molar refractivity (Wildman–Crippen MR) is 234 cm³/mol. The minimum atomic E-state index is -1.93. The lowest BCUT2D eigenvalue weighted by Crippen LogP contribution is -2.44. The highest BCUT2D eigenvalue weighted by Crippen LogP contribution is 2.59. The lowest BCUT2D eigenvalue weighted by atomic mass is 9.78. The molecule has 0 radical (unpaired) electrons. The van der Waals surface area contributed by atoms with E-state index in [2.05, 4.69) is 10.6 Å². The molecular formula is C46H59N5O10. The van der Waals surface area contributed by atoms with Crippen molar-refractivity contribution in [3.63, 3.8) is 0 Å². The number of rotatable bonds is 3. The second-order valence-electron chi connectivity index (χ2n) is 17.2. The first-order valence-electron chi connectivity index (χ1n) is 21.1. The predicted octanol–water partition coefficient (Wildman–Crippen LogP) is 5.96. The third kappa shape index (κ3) is 7.88. The summed E-state index contributed by atoms with van der Waals surface area (Å²) >= 11 is 0. The highest BCUT2D eigenvalue weighted by Gasteiger charge is 2.50. The number of aliphatic hydroxyl groups is 3. The Labute approximate surface area is 356 Å². The monoisotopic (exact) mass is 841 g/mol. The largest absolute Gasteiger partial charge is 0.507 e. The number of anilines is 3. The number of methoxy groups -OCH3 is 1. The number of nitrogens with zero attached hydrogens (tertiary/aromatic N) is 3. The van der Waals surface area contributed by atoms with Crippen LogP contribution in [0.15, 0.2) is 65.2 Å². The first-order chi connectivity index (χ1) is 29.0. The Morgan fingerprint density at radius 3 is 2.30 bits per heavy atom. The number of nitrogens with one attached hydrogen (secondary N) is 2. The van der Waals surface area contributed by atoms with Crippen molar-refractivity contribution in [3.8, 4) is 17.2 Å². The quantitative estimate of drug-likeness (QED) is 0.108. The summed E-state index contributed by atoms with van der Waals surface area (Å²) in [5.41, 5.74) is 1.95. The number of hydrogen-bond acceptors (Lipinski definition) is 14. The minimum Gasteiger partial charge on any atom is -0.507 e. The zero-order valence-corrected chi connectivity index (χ0v) is 36.0. The van der Waals surface area contributed by atoms with E-state index in [9.17, 15) is 35.1 Å². The van der Waals surface area contributed by atoms with Crippen LogP contribution in [0.25, 0.3) is 10.8 Å². The van der Waals surface area contributed by atoms with E-state index < -0.39 is 77.5 Å². The number of ether oxygens (including phenoxy) is 3. The van der Waals surface area contributed by atoms with E-state index in [0.29, 0.717) is 11.4 Å². The maximum Gasteiger partial charge on any atom is 0.312 e. The van der Waals surface area contributed by atoms with Crippen molar-refractivity contribution in [2.75, 3.05) is 35.7 Å². The number of fused-ring (bicyclic) bond motifs is 2. The fraction of sp³-hybridized carbons (Fsp3) is 0.500. The number of carbonyl (C=O) groups excluding carboxylic acids is 2. The van der Waals surface area contributed by atoms with Gasteiger partial charge in [0.15, 0.2) is 5.75 Å². The zero-order valence-electron chi connectivity index (χ0n) is 36.0. The van der Waals surface area contributed by atoms with E-state index in [-0.39, 0.29) is 44.7 Å². The van der Waals surface area contributed by atoms with Gasteiger partial charge in [-0.25, -0.2) is 0 Å². The normalized spacial score (nSPS) is 34.0. The summed E-state index contributed by atoms with van der Waals surface area (Å²) in [5.74, 6) is -6.18. The molecule has 1 amide bonds. The minimum absolute atomic E-state index is 0.00171. The van der Waals surface area contributed by atoms with E-state index >= 15 is 0 Å². The van der Waals surface area contributed by atoms with E-state index in [1.54, 1.807) is 72.1 Å². The number of hydrazone groups is 1. The van der Waals surface area contributed by atoms with E-state index in [4.69, 9.17) is 19.3 Å². The Bertz CT molecular complexity index is 2260. The fourth-order valence-electron chi connectivity index (χ4n) is 9.00. The number of aromatic hydroxyl groups is 2. The van der Waals surface area contributed by atoms with Gasteiger partial charge in [0.1, 0.15) is 23.4 Å². The molecule has 10 atom stereocenters. The number of phenolic OH excluding ortho intramolecular Hbond substituents is 2. The van der Waals surface area contributed by atoms with Crippen molar-refractivity contribution >= 4 is 45.7 Å². The number of phenols is 2. The van der Waals surface area contributed by atoms with Crippen LogP contribution >= 0.6 is 0 Å². The maximum atomic E-state index is 14.7. The van der Waals surface area contributed by atoms with Gasteiger partial charge in [0.2, 0.25) is 0 Å². The molecule has 0 aliphatic carbocycles. The Hall–Kier alpha value is -5.35. The topological polar surface area (TPSA) is 206 Å². The zero-order chi connectivity index (χ0) is 44.1. The molecule has 5 heterocycles. The van der Waals surface area contributed by atoms with Crippen LogP contribution in [0, 0.1) is 30.6 Å². The van der Waals surface area contributed by atoms with Crippen LogP contribution < -0.4 is 20.3 Å². The summed E-state index contributed by atoms with van der Waals surface area (Å²) in [6.45, 7) is 13.3. The van der Waals surface area contributed by atoms with Gasteiger partial charge in [0.25, 0.3) is 11.7 Å². The molecule has 0 aromatic heterocycles. The van der Waals surface area contributed by atoms with E-state index in [0.717, 1.165) is 31.5 Å². The molecule has 5 aliphatic rings. The Morgan fingerprint density at radius 1 is 0.902 bits per heavy atom. The molecule has 328 valence electrons. The van der Waals surface area contributed by atoms with Crippen molar-refractivity contribution in [1.82, 2.24) is 5.01 Å². The number of carbonyl (C=O) groups is 2. The third-order valence-electron chi connectivity index (χ3n) is 13.0. The van der Waals surface area contributed by atoms with Gasteiger partial charge in [-0.1, -0.05) is 52.0 Å². The third-order valence-corrected chi connectivity index (χ3v) is 13.0. The molecule has 0 spiro atoms. The fourth-order valence-corrected chi connectivity index (χ4v) is 9.00. The van der Waals surface area contributed by atoms with Gasteiger partial charge in [-0.3, -0.25) is 14.6 Å². The molecule has 1 saturated heterocycles. The van der Waals surface area contributed by atoms with Crippen LogP contribution in [0.1, 0.15) is 76.7 Å². The smallest absolute Gasteiger partial charge is 0.312 e. The standard InChI is InChI=1S/C46H59N5O10/c1-23-13-12-14-24(2)45(58)49-36-37-35(48-31-16-15-29(22-51(31)37)21-47-50-18-10-9-11-19-50)32-33(42(36)56)41(55)28(6)43-34(32)44(57)46(7,61-43)60-20-17-30(59-8)25(3)39(53)27(5)40(54)26(4)38(23)52/h12-17,20-23,25-27,30-31,38-40,48,52-56H,9-11,18-19H2,1-8H3,(H,49,58)/b13-12+,20-17+,24-14-,47-21+/t23-,25+,26+,27-,30-,31?,38-,39+,40+,46-/m0/s1. The number of hydrogen-bond donors (Lipinski definition) is 7. The van der Waals surface area contributed by atoms with Gasteiger partial charge in [-0.2, -0.15) is 5.10 Å². The molecular weight excluding hydrogens is 783 g/mol. The first kappa shape index (κ1) is 43.7. The Morgan fingerprint density at radius 2 is 1.59 bits per heavy atom.